The maximum Gasteiger partial charge on any atom is 0.153 e. The summed E-state index contributed by atoms with van der Waals surface area (Å²) in [4.78, 5) is 13.7. The van der Waals surface area contributed by atoms with E-state index in [-0.39, 0.29) is 0 Å². The van der Waals surface area contributed by atoms with Crippen LogP contribution in [0.3, 0.4) is 0 Å². The number of aldehydes is 1. The predicted octanol–water partition coefficient (Wildman–Crippen LogP) is 2.60. The second kappa shape index (κ2) is 4.63. The topological polar surface area (TPSA) is 29.5 Å². The van der Waals surface area contributed by atoms with Gasteiger partial charge in [0.2, 0.25) is 0 Å². The fourth-order valence-electron chi connectivity index (χ4n) is 3.26. The Kier molecular flexibility index (Phi) is 2.98. The molecular formula is C15H19NO2. The molecule has 0 fully saturated rings. The summed E-state index contributed by atoms with van der Waals surface area (Å²) >= 11 is 0. The van der Waals surface area contributed by atoms with E-state index >= 15 is 0 Å². The first-order valence-electron chi connectivity index (χ1n) is 6.86. The molecule has 0 amide bonds. The summed E-state index contributed by atoms with van der Waals surface area (Å²) in [5.41, 5.74) is 4.69. The molecule has 18 heavy (non-hydrogen) atoms. The van der Waals surface area contributed by atoms with Crippen molar-refractivity contribution in [2.75, 3.05) is 24.6 Å². The lowest BCUT2D eigenvalue weighted by Gasteiger charge is -2.38. The van der Waals surface area contributed by atoms with Crippen molar-refractivity contribution in [2.24, 2.45) is 0 Å². The second-order valence-corrected chi connectivity index (χ2v) is 5.03. The van der Waals surface area contributed by atoms with Crippen molar-refractivity contribution in [3.8, 4) is 5.75 Å². The largest absolute Gasteiger partial charge is 0.493 e. The van der Waals surface area contributed by atoms with E-state index < -0.39 is 0 Å². The van der Waals surface area contributed by atoms with Crippen molar-refractivity contribution in [2.45, 2.75) is 32.6 Å². The van der Waals surface area contributed by atoms with Crippen molar-refractivity contribution in [1.82, 2.24) is 0 Å². The Morgan fingerprint density at radius 1 is 1.33 bits per heavy atom. The fourth-order valence-corrected chi connectivity index (χ4v) is 3.26. The molecule has 3 rings (SSSR count). The van der Waals surface area contributed by atoms with Gasteiger partial charge in [-0.05, 0) is 44.2 Å². The van der Waals surface area contributed by atoms with Crippen LogP contribution in [0.15, 0.2) is 6.07 Å². The smallest absolute Gasteiger partial charge is 0.153 e. The number of nitrogens with zero attached hydrogens (tertiary/aromatic N) is 1. The molecule has 0 saturated carbocycles. The number of carbonyl (C=O) groups excluding carboxylic acids is 1. The van der Waals surface area contributed by atoms with Crippen LogP contribution in [-0.4, -0.2) is 26.0 Å². The lowest BCUT2D eigenvalue weighted by Crippen LogP contribution is -2.34. The van der Waals surface area contributed by atoms with Gasteiger partial charge in [0, 0.05) is 24.3 Å². The monoisotopic (exact) mass is 245 g/mol. The molecular weight excluding hydrogens is 226 g/mol. The molecule has 0 bridgehead atoms. The Morgan fingerprint density at radius 2 is 2.11 bits per heavy atom. The number of ether oxygens (including phenoxy) is 1. The Balaban J connectivity index is 2.20. The molecule has 0 aromatic heterocycles. The number of hydrogen-bond donors (Lipinski definition) is 0. The zero-order chi connectivity index (χ0) is 12.5. The molecule has 1 aromatic rings. The van der Waals surface area contributed by atoms with Crippen LogP contribution in [0.2, 0.25) is 0 Å². The van der Waals surface area contributed by atoms with Crippen LogP contribution in [0, 0.1) is 0 Å². The molecule has 0 aliphatic carbocycles. The molecule has 3 heteroatoms. The third kappa shape index (κ3) is 1.69. The van der Waals surface area contributed by atoms with Crippen LogP contribution < -0.4 is 9.64 Å². The van der Waals surface area contributed by atoms with E-state index in [0.717, 1.165) is 50.0 Å². The number of carbonyl (C=O) groups is 1. The molecule has 1 aromatic carbocycles. The van der Waals surface area contributed by atoms with E-state index in [0.29, 0.717) is 6.61 Å². The van der Waals surface area contributed by atoms with E-state index in [1.54, 1.807) is 0 Å². The maximum atomic E-state index is 11.3. The van der Waals surface area contributed by atoms with Crippen LogP contribution >= 0.6 is 0 Å². The van der Waals surface area contributed by atoms with E-state index in [2.05, 4.69) is 4.90 Å². The summed E-state index contributed by atoms with van der Waals surface area (Å²) in [7, 11) is 0. The van der Waals surface area contributed by atoms with Gasteiger partial charge < -0.3 is 9.64 Å². The van der Waals surface area contributed by atoms with Crippen LogP contribution in [0.5, 0.6) is 5.75 Å². The molecule has 96 valence electrons. The third-order valence-corrected chi connectivity index (χ3v) is 3.92. The van der Waals surface area contributed by atoms with Gasteiger partial charge in [-0.15, -0.1) is 0 Å². The van der Waals surface area contributed by atoms with Gasteiger partial charge >= 0.3 is 0 Å². The minimum atomic E-state index is 0.618. The van der Waals surface area contributed by atoms with Crippen molar-refractivity contribution in [1.29, 1.82) is 0 Å². The SMILES string of the molecule is CCOc1c(C=O)cc2c3c1CCCN3CCC2. The molecule has 2 heterocycles. The Morgan fingerprint density at radius 3 is 2.83 bits per heavy atom. The first-order chi connectivity index (χ1) is 8.85. The zero-order valence-electron chi connectivity index (χ0n) is 10.9. The first-order valence-corrected chi connectivity index (χ1v) is 6.86. The zero-order valence-corrected chi connectivity index (χ0v) is 10.9. The van der Waals surface area contributed by atoms with E-state index in [1.165, 1.54) is 23.2 Å². The molecule has 0 saturated heterocycles. The summed E-state index contributed by atoms with van der Waals surface area (Å²) in [5, 5.41) is 0. The minimum absolute atomic E-state index is 0.618. The van der Waals surface area contributed by atoms with Gasteiger partial charge in [0.15, 0.2) is 6.29 Å². The highest BCUT2D eigenvalue weighted by atomic mass is 16.5. The number of anilines is 1. The van der Waals surface area contributed by atoms with Gasteiger partial charge in [-0.3, -0.25) is 4.79 Å². The number of aryl methyl sites for hydroxylation is 1. The minimum Gasteiger partial charge on any atom is -0.493 e. The molecule has 3 nitrogen and oxygen atoms in total. The third-order valence-electron chi connectivity index (χ3n) is 3.92. The molecule has 2 aliphatic rings. The van der Waals surface area contributed by atoms with Gasteiger partial charge in [0.1, 0.15) is 5.75 Å². The van der Waals surface area contributed by atoms with Crippen LogP contribution in [-0.2, 0) is 12.8 Å². The standard InChI is InChI=1S/C15H19NO2/c1-2-18-15-12(10-17)9-11-5-3-7-16-8-4-6-13(15)14(11)16/h9-10H,2-8H2,1H3. The highest BCUT2D eigenvalue weighted by Crippen LogP contribution is 2.41. The van der Waals surface area contributed by atoms with Gasteiger partial charge in [-0.25, -0.2) is 0 Å². The van der Waals surface area contributed by atoms with Crippen molar-refractivity contribution in [3.05, 3.63) is 22.8 Å². The van der Waals surface area contributed by atoms with Gasteiger partial charge in [-0.2, -0.15) is 0 Å². The highest BCUT2D eigenvalue weighted by Gasteiger charge is 2.28. The summed E-state index contributed by atoms with van der Waals surface area (Å²) in [5.74, 6) is 0.831. The predicted molar refractivity (Wildman–Crippen MR) is 71.9 cm³/mol. The summed E-state index contributed by atoms with van der Waals surface area (Å²) in [6.45, 7) is 4.88. The second-order valence-electron chi connectivity index (χ2n) is 5.03. The fraction of sp³-hybridized carbons (Fsp3) is 0.533. The lowest BCUT2D eigenvalue weighted by molar-refractivity contribution is 0.111. The van der Waals surface area contributed by atoms with Crippen LogP contribution in [0.1, 0.15) is 41.3 Å². The molecule has 0 N–H and O–H groups in total. The maximum absolute atomic E-state index is 11.3. The molecule has 0 radical (unpaired) electrons. The van der Waals surface area contributed by atoms with Gasteiger partial charge in [0.25, 0.3) is 0 Å². The average Bonchev–Trinajstić information content (AvgIpc) is 2.42. The Labute approximate surface area is 108 Å². The van der Waals surface area contributed by atoms with Crippen molar-refractivity contribution >= 4 is 12.0 Å². The Hall–Kier alpha value is -1.51. The summed E-state index contributed by atoms with van der Waals surface area (Å²) in [6.07, 6.45) is 5.42. The molecule has 0 spiro atoms. The van der Waals surface area contributed by atoms with Crippen molar-refractivity contribution in [3.63, 3.8) is 0 Å². The quantitative estimate of drug-likeness (QED) is 0.767. The number of hydrogen-bond acceptors (Lipinski definition) is 3. The summed E-state index contributed by atoms with van der Waals surface area (Å²) < 4.78 is 5.74. The molecule has 2 aliphatic heterocycles. The average molecular weight is 245 g/mol. The summed E-state index contributed by atoms with van der Waals surface area (Å²) in [6, 6.07) is 2.04. The van der Waals surface area contributed by atoms with E-state index in [4.69, 9.17) is 4.74 Å². The lowest BCUT2D eigenvalue weighted by atomic mass is 9.89. The molecule has 0 atom stereocenters. The van der Waals surface area contributed by atoms with Gasteiger partial charge in [0.05, 0.1) is 12.2 Å². The number of rotatable bonds is 3. The van der Waals surface area contributed by atoms with Gasteiger partial charge in [-0.1, -0.05) is 0 Å². The van der Waals surface area contributed by atoms with Crippen molar-refractivity contribution < 1.29 is 9.53 Å². The van der Waals surface area contributed by atoms with E-state index in [9.17, 15) is 4.79 Å². The number of benzene rings is 1. The molecule has 0 unspecified atom stereocenters. The normalized spacial score (nSPS) is 17.3. The van der Waals surface area contributed by atoms with Crippen LogP contribution in [0.4, 0.5) is 5.69 Å². The highest BCUT2D eigenvalue weighted by molar-refractivity contribution is 5.85. The van der Waals surface area contributed by atoms with Crippen LogP contribution in [0.25, 0.3) is 0 Å². The Bertz CT molecular complexity index is 480. The van der Waals surface area contributed by atoms with E-state index in [1.807, 2.05) is 13.0 Å². The first kappa shape index (κ1) is 11.6.